The summed E-state index contributed by atoms with van der Waals surface area (Å²) in [5.74, 6) is 2.99. The summed E-state index contributed by atoms with van der Waals surface area (Å²) in [7, 11) is 0. The molecule has 0 spiro atoms. The molecule has 0 bridgehead atoms. The molecule has 1 N–H and O–H groups in total. The summed E-state index contributed by atoms with van der Waals surface area (Å²) in [5, 5.41) is 10.9. The van der Waals surface area contributed by atoms with Gasteiger partial charge in [0.05, 0.1) is 6.10 Å². The molecule has 0 aromatic carbocycles. The van der Waals surface area contributed by atoms with Crippen molar-refractivity contribution in [3.63, 3.8) is 0 Å². The molecule has 0 radical (unpaired) electrons. The Hall–Kier alpha value is -0.300. The summed E-state index contributed by atoms with van der Waals surface area (Å²) in [5.41, 5.74) is 3.45. The largest absolute Gasteiger partial charge is 0.393 e. The minimum Gasteiger partial charge on any atom is -0.393 e. The van der Waals surface area contributed by atoms with Crippen LogP contribution in [0.2, 0.25) is 0 Å². The number of hydrogen-bond donors (Lipinski definition) is 1. The third kappa shape index (κ3) is 3.25. The van der Waals surface area contributed by atoms with Crippen molar-refractivity contribution in [2.45, 2.75) is 126 Å². The van der Waals surface area contributed by atoms with Gasteiger partial charge in [0.15, 0.2) is 0 Å². The van der Waals surface area contributed by atoms with Crippen LogP contribution in [-0.4, -0.2) is 11.2 Å². The van der Waals surface area contributed by atoms with Crippen LogP contribution in [0, 0.1) is 50.7 Å². The Labute approximate surface area is 193 Å². The van der Waals surface area contributed by atoms with Crippen LogP contribution in [0.3, 0.4) is 0 Å². The van der Waals surface area contributed by atoms with Crippen LogP contribution >= 0.6 is 0 Å². The highest BCUT2D eigenvalue weighted by atomic mass is 16.3. The summed E-state index contributed by atoms with van der Waals surface area (Å²) >= 11 is 0. The van der Waals surface area contributed by atoms with Gasteiger partial charge >= 0.3 is 0 Å². The van der Waals surface area contributed by atoms with Crippen LogP contribution in [0.4, 0.5) is 0 Å². The van der Waals surface area contributed by atoms with Gasteiger partial charge in [0.25, 0.3) is 0 Å². The topological polar surface area (TPSA) is 20.2 Å². The summed E-state index contributed by atoms with van der Waals surface area (Å²) in [6.45, 7) is 22.6. The molecule has 0 unspecified atom stereocenters. The highest BCUT2D eigenvalue weighted by Crippen LogP contribution is 2.73. The van der Waals surface area contributed by atoms with Crippen molar-refractivity contribution in [3.8, 4) is 0 Å². The summed E-state index contributed by atoms with van der Waals surface area (Å²) in [4.78, 5) is 0. The lowest BCUT2D eigenvalue weighted by molar-refractivity contribution is -0.199. The smallest absolute Gasteiger partial charge is 0.0594 e. The first-order valence-electron chi connectivity index (χ1n) is 13.6. The first-order valence-corrected chi connectivity index (χ1v) is 13.6. The van der Waals surface area contributed by atoms with Crippen LogP contribution < -0.4 is 0 Å². The summed E-state index contributed by atoms with van der Waals surface area (Å²) in [6, 6.07) is 0. The van der Waals surface area contributed by atoms with Crippen molar-refractivity contribution in [2.75, 3.05) is 0 Å². The summed E-state index contributed by atoms with van der Waals surface area (Å²) in [6.07, 6.45) is 14.2. The van der Waals surface area contributed by atoms with Crippen molar-refractivity contribution in [1.82, 2.24) is 0 Å². The number of aliphatic hydroxyl groups is 1. The zero-order valence-electron chi connectivity index (χ0n) is 22.3. The second kappa shape index (κ2) is 7.35. The molecule has 0 aliphatic heterocycles. The van der Waals surface area contributed by atoms with Gasteiger partial charge in [0, 0.05) is 0 Å². The quantitative estimate of drug-likeness (QED) is 0.447. The Kier molecular flexibility index (Phi) is 5.65. The zero-order chi connectivity index (χ0) is 23.0. The number of hydrogen-bond acceptors (Lipinski definition) is 1. The molecule has 4 aliphatic carbocycles. The molecule has 0 amide bonds. The average Bonchev–Trinajstić information content (AvgIpc) is 2.68. The molecule has 4 rings (SSSR count). The molecule has 0 aromatic heterocycles. The van der Waals surface area contributed by atoms with E-state index in [2.05, 4.69) is 68.4 Å². The van der Waals surface area contributed by atoms with Gasteiger partial charge in [-0.25, -0.2) is 0 Å². The molecule has 3 fully saturated rings. The lowest BCUT2D eigenvalue weighted by atomic mass is 9.35. The fourth-order valence-electron chi connectivity index (χ4n) is 9.60. The fourth-order valence-corrected chi connectivity index (χ4v) is 9.60. The molecule has 178 valence electrons. The van der Waals surface area contributed by atoms with Crippen LogP contribution in [-0.2, 0) is 0 Å². The third-order valence-corrected chi connectivity index (χ3v) is 12.4. The predicted octanol–water partition coefficient (Wildman–Crippen LogP) is 8.41. The van der Waals surface area contributed by atoms with E-state index in [1.807, 2.05) is 5.57 Å². The molecule has 1 heteroatoms. The van der Waals surface area contributed by atoms with Gasteiger partial charge in [0.2, 0.25) is 0 Å². The van der Waals surface area contributed by atoms with Crippen LogP contribution in [0.25, 0.3) is 0 Å². The number of rotatable bonds is 3. The van der Waals surface area contributed by atoms with Gasteiger partial charge in [-0.05, 0) is 102 Å². The van der Waals surface area contributed by atoms with E-state index in [1.165, 1.54) is 51.4 Å². The Morgan fingerprint density at radius 2 is 1.65 bits per heavy atom. The third-order valence-electron chi connectivity index (χ3n) is 12.4. The second-order valence-corrected chi connectivity index (χ2v) is 14.5. The van der Waals surface area contributed by atoms with Gasteiger partial charge in [-0.2, -0.15) is 0 Å². The molecule has 0 heterocycles. The first kappa shape index (κ1) is 23.8. The van der Waals surface area contributed by atoms with Gasteiger partial charge in [-0.3, -0.25) is 0 Å². The van der Waals surface area contributed by atoms with E-state index in [-0.39, 0.29) is 11.5 Å². The van der Waals surface area contributed by atoms with E-state index in [4.69, 9.17) is 0 Å². The monoisotopic (exact) mass is 428 g/mol. The average molecular weight is 429 g/mol. The maximum Gasteiger partial charge on any atom is 0.0594 e. The number of aliphatic hydroxyl groups excluding tert-OH is 1. The molecule has 0 saturated heterocycles. The standard InChI is InChI=1S/C30H52O/c1-10-26(3,4)19-21-20(2)13-17-29(8)22(21)11-12-24-28(7)16-15-25(31)27(5,6)23(28)14-18-30(24,29)9/h11,20-21,23-25,31H,10,12-19H2,1-9H3/t20-,21+,23-,24+,25-,28+,29-,30-/m0/s1. The van der Waals surface area contributed by atoms with E-state index in [1.54, 1.807) is 0 Å². The second-order valence-electron chi connectivity index (χ2n) is 14.5. The van der Waals surface area contributed by atoms with Gasteiger partial charge < -0.3 is 5.11 Å². The summed E-state index contributed by atoms with van der Waals surface area (Å²) < 4.78 is 0. The van der Waals surface area contributed by atoms with Crippen LogP contribution in [0.5, 0.6) is 0 Å². The maximum absolute atomic E-state index is 10.9. The van der Waals surface area contributed by atoms with E-state index < -0.39 is 0 Å². The Bertz CT molecular complexity index is 731. The molecule has 3 saturated carbocycles. The van der Waals surface area contributed by atoms with Crippen molar-refractivity contribution in [3.05, 3.63) is 11.6 Å². The molecule has 31 heavy (non-hydrogen) atoms. The van der Waals surface area contributed by atoms with E-state index in [0.29, 0.717) is 27.6 Å². The van der Waals surface area contributed by atoms with Gasteiger partial charge in [-0.1, -0.05) is 80.4 Å². The van der Waals surface area contributed by atoms with E-state index >= 15 is 0 Å². The fraction of sp³-hybridized carbons (Fsp3) is 0.933. The van der Waals surface area contributed by atoms with Crippen molar-refractivity contribution < 1.29 is 5.11 Å². The van der Waals surface area contributed by atoms with Crippen LogP contribution in [0.15, 0.2) is 11.6 Å². The minimum absolute atomic E-state index is 0.0496. The zero-order valence-corrected chi connectivity index (χ0v) is 22.3. The highest BCUT2D eigenvalue weighted by Gasteiger charge is 2.66. The van der Waals surface area contributed by atoms with E-state index in [0.717, 1.165) is 24.2 Å². The Morgan fingerprint density at radius 3 is 2.29 bits per heavy atom. The molecular formula is C30H52O. The molecule has 1 nitrogen and oxygen atoms in total. The first-order chi connectivity index (χ1) is 14.2. The molecule has 8 atom stereocenters. The minimum atomic E-state index is -0.128. The molecule has 4 aliphatic rings. The van der Waals surface area contributed by atoms with Gasteiger partial charge in [-0.15, -0.1) is 0 Å². The lowest BCUT2D eigenvalue weighted by Crippen LogP contribution is -2.63. The predicted molar refractivity (Wildman–Crippen MR) is 133 cm³/mol. The van der Waals surface area contributed by atoms with Gasteiger partial charge in [0.1, 0.15) is 0 Å². The normalized spacial score (nSPS) is 49.5. The Morgan fingerprint density at radius 1 is 0.968 bits per heavy atom. The highest BCUT2D eigenvalue weighted by molar-refractivity contribution is 5.31. The van der Waals surface area contributed by atoms with Crippen LogP contribution in [0.1, 0.15) is 120 Å². The van der Waals surface area contributed by atoms with Crippen molar-refractivity contribution in [2.24, 2.45) is 50.7 Å². The Balaban J connectivity index is 1.75. The van der Waals surface area contributed by atoms with Crippen molar-refractivity contribution in [1.29, 1.82) is 0 Å². The number of allylic oxidation sites excluding steroid dienone is 2. The number of fused-ring (bicyclic) bond motifs is 5. The lowest BCUT2D eigenvalue weighted by Gasteiger charge is -2.70. The van der Waals surface area contributed by atoms with E-state index in [9.17, 15) is 5.11 Å². The van der Waals surface area contributed by atoms with Crippen molar-refractivity contribution >= 4 is 0 Å². The molecular weight excluding hydrogens is 376 g/mol. The molecule has 0 aromatic rings. The maximum atomic E-state index is 10.9. The SMILES string of the molecule is CCC(C)(C)C[C@H]1C2=CC[C@@H]3[C@]4(C)CC[C@H](O)C(C)(C)[C@@H]4CC[C@]3(C)[C@@]2(C)CC[C@@H]1C.